The second-order valence-electron chi connectivity index (χ2n) is 7.72. The summed E-state index contributed by atoms with van der Waals surface area (Å²) in [6.45, 7) is 0.882. The maximum absolute atomic E-state index is 12.8. The lowest BCUT2D eigenvalue weighted by molar-refractivity contribution is -0.148. The van der Waals surface area contributed by atoms with Gasteiger partial charge in [0.05, 0.1) is 25.0 Å². The van der Waals surface area contributed by atoms with Crippen molar-refractivity contribution >= 4 is 27.6 Å². The minimum Gasteiger partial charge on any atom is -0.489 e. The molecule has 0 bridgehead atoms. The summed E-state index contributed by atoms with van der Waals surface area (Å²) in [4.78, 5) is 26.0. The Labute approximate surface area is 188 Å². The van der Waals surface area contributed by atoms with Gasteiger partial charge in [-0.3, -0.25) is 13.9 Å². The maximum atomic E-state index is 12.8. The number of ether oxygens (including phenoxy) is 2. The molecule has 0 spiro atoms. The summed E-state index contributed by atoms with van der Waals surface area (Å²) < 4.78 is 36.4. The molecule has 3 rings (SSSR count). The van der Waals surface area contributed by atoms with E-state index in [0.29, 0.717) is 44.0 Å². The highest BCUT2D eigenvalue weighted by Crippen LogP contribution is 2.24. The Kier molecular flexibility index (Phi) is 7.74. The van der Waals surface area contributed by atoms with E-state index in [2.05, 4.69) is 0 Å². The molecule has 1 saturated heterocycles. The first kappa shape index (κ1) is 23.6. The normalized spacial score (nSPS) is 14.6. The largest absolute Gasteiger partial charge is 0.489 e. The summed E-state index contributed by atoms with van der Waals surface area (Å²) in [6.07, 6.45) is 2.08. The van der Waals surface area contributed by atoms with E-state index >= 15 is 0 Å². The Hall–Kier alpha value is -3.07. The van der Waals surface area contributed by atoms with Crippen molar-refractivity contribution in [3.8, 4) is 5.75 Å². The number of methoxy groups -OCH3 is 1. The second kappa shape index (κ2) is 10.5. The van der Waals surface area contributed by atoms with Gasteiger partial charge >= 0.3 is 5.97 Å². The third-order valence-electron chi connectivity index (χ3n) is 5.43. The zero-order valence-corrected chi connectivity index (χ0v) is 19.1. The van der Waals surface area contributed by atoms with Crippen molar-refractivity contribution in [1.82, 2.24) is 4.90 Å². The van der Waals surface area contributed by atoms with Crippen LogP contribution in [0.15, 0.2) is 54.6 Å². The SMILES string of the molecule is COC(=O)C1CCN(C(=O)CN(c2ccc(OCc3ccccc3)cc2)S(C)(=O)=O)CC1. The first-order chi connectivity index (χ1) is 15.3. The van der Waals surface area contributed by atoms with E-state index in [1.165, 1.54) is 7.11 Å². The summed E-state index contributed by atoms with van der Waals surface area (Å²) in [5, 5.41) is 0. The van der Waals surface area contributed by atoms with Crippen molar-refractivity contribution < 1.29 is 27.5 Å². The van der Waals surface area contributed by atoms with E-state index in [1.54, 1.807) is 29.2 Å². The highest BCUT2D eigenvalue weighted by atomic mass is 32.2. The molecule has 0 aliphatic carbocycles. The quantitative estimate of drug-likeness (QED) is 0.562. The van der Waals surface area contributed by atoms with Crippen LogP contribution in [0.1, 0.15) is 18.4 Å². The Morgan fingerprint density at radius 1 is 1.03 bits per heavy atom. The van der Waals surface area contributed by atoms with Crippen LogP contribution in [0.5, 0.6) is 5.75 Å². The number of hydrogen-bond donors (Lipinski definition) is 0. The molecule has 1 heterocycles. The van der Waals surface area contributed by atoms with Gasteiger partial charge in [-0.25, -0.2) is 8.42 Å². The topological polar surface area (TPSA) is 93.2 Å². The van der Waals surface area contributed by atoms with Crippen molar-refractivity contribution in [3.63, 3.8) is 0 Å². The number of rotatable bonds is 8. The maximum Gasteiger partial charge on any atom is 0.308 e. The number of amides is 1. The average Bonchev–Trinajstić information content (AvgIpc) is 2.81. The molecule has 1 aliphatic heterocycles. The van der Waals surface area contributed by atoms with Gasteiger partial charge in [0.25, 0.3) is 0 Å². The van der Waals surface area contributed by atoms with Gasteiger partial charge in [-0.15, -0.1) is 0 Å². The van der Waals surface area contributed by atoms with E-state index in [9.17, 15) is 18.0 Å². The predicted molar refractivity (Wildman–Crippen MR) is 121 cm³/mol. The fourth-order valence-corrected chi connectivity index (χ4v) is 4.45. The third-order valence-corrected chi connectivity index (χ3v) is 6.57. The lowest BCUT2D eigenvalue weighted by atomic mass is 9.97. The summed E-state index contributed by atoms with van der Waals surface area (Å²) in [6, 6.07) is 16.3. The van der Waals surface area contributed by atoms with Crippen LogP contribution in [0.4, 0.5) is 5.69 Å². The van der Waals surface area contributed by atoms with E-state index in [0.717, 1.165) is 16.1 Å². The number of carbonyl (C=O) groups is 2. The van der Waals surface area contributed by atoms with Crippen molar-refractivity contribution in [2.75, 3.05) is 37.3 Å². The number of carbonyl (C=O) groups excluding carboxylic acids is 2. The smallest absolute Gasteiger partial charge is 0.308 e. The molecule has 0 aromatic heterocycles. The lowest BCUT2D eigenvalue weighted by Crippen LogP contribution is -2.46. The number of piperidine rings is 1. The molecule has 2 aromatic carbocycles. The number of benzene rings is 2. The molecular weight excluding hydrogens is 432 g/mol. The molecule has 9 heteroatoms. The standard InChI is InChI=1S/C23H28N2O6S/c1-30-23(27)19-12-14-24(15-13-19)22(26)16-25(32(2,28)29)20-8-10-21(11-9-20)31-17-18-6-4-3-5-7-18/h3-11,19H,12-17H2,1-2H3. The number of likely N-dealkylation sites (tertiary alicyclic amines) is 1. The number of esters is 1. The van der Waals surface area contributed by atoms with Gasteiger partial charge in [0.1, 0.15) is 18.9 Å². The minimum absolute atomic E-state index is 0.224. The van der Waals surface area contributed by atoms with Crippen LogP contribution in [0.2, 0.25) is 0 Å². The molecule has 0 N–H and O–H groups in total. The van der Waals surface area contributed by atoms with E-state index < -0.39 is 10.0 Å². The third kappa shape index (κ3) is 6.23. The molecule has 8 nitrogen and oxygen atoms in total. The molecule has 2 aromatic rings. The average molecular weight is 461 g/mol. The molecule has 0 saturated carbocycles. The van der Waals surface area contributed by atoms with Crippen LogP contribution in [0.25, 0.3) is 0 Å². The molecule has 0 unspecified atom stereocenters. The van der Waals surface area contributed by atoms with Gasteiger partial charge in [0.15, 0.2) is 0 Å². The zero-order valence-electron chi connectivity index (χ0n) is 18.3. The molecule has 172 valence electrons. The lowest BCUT2D eigenvalue weighted by Gasteiger charge is -2.32. The summed E-state index contributed by atoms with van der Waals surface area (Å²) in [7, 11) is -2.33. The first-order valence-corrected chi connectivity index (χ1v) is 12.2. The molecule has 0 atom stereocenters. The number of anilines is 1. The Morgan fingerprint density at radius 3 is 2.22 bits per heavy atom. The molecule has 1 amide bonds. The van der Waals surface area contributed by atoms with Gasteiger partial charge in [-0.2, -0.15) is 0 Å². The van der Waals surface area contributed by atoms with Crippen LogP contribution in [0, 0.1) is 5.92 Å². The van der Waals surface area contributed by atoms with Gasteiger partial charge in [0, 0.05) is 13.1 Å². The van der Waals surface area contributed by atoms with Crippen molar-refractivity contribution in [1.29, 1.82) is 0 Å². The van der Waals surface area contributed by atoms with Crippen LogP contribution in [-0.2, 0) is 31.0 Å². The number of hydrogen-bond acceptors (Lipinski definition) is 6. The van der Waals surface area contributed by atoms with Gasteiger partial charge < -0.3 is 14.4 Å². The second-order valence-corrected chi connectivity index (χ2v) is 9.62. The fourth-order valence-electron chi connectivity index (χ4n) is 3.60. The number of nitrogens with zero attached hydrogens (tertiary/aromatic N) is 2. The Morgan fingerprint density at radius 2 is 1.66 bits per heavy atom. The van der Waals surface area contributed by atoms with Gasteiger partial charge in [-0.05, 0) is 42.7 Å². The molecular formula is C23H28N2O6S. The van der Waals surface area contributed by atoms with E-state index in [1.807, 2.05) is 30.3 Å². The van der Waals surface area contributed by atoms with E-state index in [-0.39, 0.29) is 24.3 Å². The summed E-state index contributed by atoms with van der Waals surface area (Å²) in [5.74, 6) is -0.201. The summed E-state index contributed by atoms with van der Waals surface area (Å²) >= 11 is 0. The van der Waals surface area contributed by atoms with Crippen molar-refractivity contribution in [3.05, 3.63) is 60.2 Å². The van der Waals surface area contributed by atoms with Crippen molar-refractivity contribution in [2.45, 2.75) is 19.4 Å². The highest BCUT2D eigenvalue weighted by molar-refractivity contribution is 7.92. The number of sulfonamides is 1. The zero-order chi connectivity index (χ0) is 23.1. The van der Waals surface area contributed by atoms with E-state index in [4.69, 9.17) is 9.47 Å². The monoisotopic (exact) mass is 460 g/mol. The van der Waals surface area contributed by atoms with Crippen LogP contribution in [0.3, 0.4) is 0 Å². The van der Waals surface area contributed by atoms with Crippen LogP contribution >= 0.6 is 0 Å². The van der Waals surface area contributed by atoms with Crippen LogP contribution in [-0.4, -0.2) is 58.2 Å². The summed E-state index contributed by atoms with van der Waals surface area (Å²) in [5.41, 5.74) is 1.41. The highest BCUT2D eigenvalue weighted by Gasteiger charge is 2.30. The Balaban J connectivity index is 1.62. The Bertz CT molecular complexity index is 1020. The van der Waals surface area contributed by atoms with Crippen LogP contribution < -0.4 is 9.04 Å². The molecule has 0 radical (unpaired) electrons. The fraction of sp³-hybridized carbons (Fsp3) is 0.391. The predicted octanol–water partition coefficient (Wildman–Crippen LogP) is 2.44. The molecule has 1 fully saturated rings. The van der Waals surface area contributed by atoms with Gasteiger partial charge in [-0.1, -0.05) is 30.3 Å². The van der Waals surface area contributed by atoms with Gasteiger partial charge in [0.2, 0.25) is 15.9 Å². The van der Waals surface area contributed by atoms with Crippen molar-refractivity contribution in [2.24, 2.45) is 5.92 Å². The molecule has 1 aliphatic rings. The molecule has 32 heavy (non-hydrogen) atoms. The first-order valence-electron chi connectivity index (χ1n) is 10.4. The minimum atomic E-state index is -3.68.